The number of aromatic nitrogens is 4. The van der Waals surface area contributed by atoms with E-state index in [1.165, 1.54) is 36.4 Å². The van der Waals surface area contributed by atoms with E-state index in [-0.39, 0.29) is 38.9 Å². The van der Waals surface area contributed by atoms with Gasteiger partial charge in [0, 0.05) is 23.2 Å². The van der Waals surface area contributed by atoms with Crippen LogP contribution in [0.25, 0.3) is 38.8 Å². The minimum absolute atomic E-state index is 0.0216. The Bertz CT molecular complexity index is 1540. The Morgan fingerprint density at radius 3 is 2.54 bits per heavy atom. The van der Waals surface area contributed by atoms with Crippen LogP contribution in [-0.2, 0) is 6.18 Å². The highest BCUT2D eigenvalue weighted by molar-refractivity contribution is 7.13. The van der Waals surface area contributed by atoms with E-state index in [0.717, 1.165) is 22.2 Å². The van der Waals surface area contributed by atoms with Gasteiger partial charge in [-0.3, -0.25) is 0 Å². The van der Waals surface area contributed by atoms with Gasteiger partial charge in [0.25, 0.3) is 0 Å². The Labute approximate surface area is 209 Å². The first-order valence-electron chi connectivity index (χ1n) is 9.94. The molecular weight excluding hydrogens is 527 g/mol. The number of halogens is 6. The van der Waals surface area contributed by atoms with E-state index in [0.29, 0.717) is 15.7 Å². The van der Waals surface area contributed by atoms with Crippen LogP contribution in [0.2, 0.25) is 10.0 Å². The molecule has 178 valence electrons. The second kappa shape index (κ2) is 8.78. The van der Waals surface area contributed by atoms with Gasteiger partial charge in [-0.15, -0.1) is 11.3 Å². The fourth-order valence-corrected chi connectivity index (χ4v) is 4.92. The monoisotopic (exact) mass is 539 g/mol. The first-order valence-corrected chi connectivity index (χ1v) is 11.6. The molecule has 3 heterocycles. The fourth-order valence-electron chi connectivity index (χ4n) is 3.63. The molecule has 0 amide bonds. The van der Waals surface area contributed by atoms with Crippen LogP contribution in [0.5, 0.6) is 0 Å². The van der Waals surface area contributed by atoms with Crippen molar-refractivity contribution in [2.75, 3.05) is 0 Å². The largest absolute Gasteiger partial charge is 0.434 e. The van der Waals surface area contributed by atoms with Crippen molar-refractivity contribution in [3.63, 3.8) is 0 Å². The summed E-state index contributed by atoms with van der Waals surface area (Å²) < 4.78 is 64.1. The lowest BCUT2D eigenvalue weighted by Crippen LogP contribution is -2.14. The molecule has 0 aliphatic heterocycles. The third-order valence-electron chi connectivity index (χ3n) is 5.07. The lowest BCUT2D eigenvalue weighted by molar-refractivity contribution is -0.288. The van der Waals surface area contributed by atoms with Crippen molar-refractivity contribution in [3.05, 3.63) is 81.3 Å². The van der Waals surface area contributed by atoms with Gasteiger partial charge in [0.05, 0.1) is 33.6 Å². The summed E-state index contributed by atoms with van der Waals surface area (Å²) in [6, 6.07) is 10.0. The van der Waals surface area contributed by atoms with Gasteiger partial charge in [-0.05, 0) is 25.1 Å². The number of nitrogens with zero attached hydrogens (tertiary/aromatic N) is 4. The summed E-state index contributed by atoms with van der Waals surface area (Å²) in [5.41, 5.74) is -0.831. The number of benzene rings is 2. The Morgan fingerprint density at radius 1 is 1.11 bits per heavy atom. The third-order valence-corrected chi connectivity index (χ3v) is 6.62. The maximum absolute atomic E-state index is 14.8. The van der Waals surface area contributed by atoms with E-state index in [1.807, 2.05) is 0 Å². The van der Waals surface area contributed by atoms with Crippen molar-refractivity contribution in [2.45, 2.75) is 13.1 Å². The molecule has 0 atom stereocenters. The molecule has 0 unspecified atom stereocenters. The molecular formula is C23H13Cl2F4N4OS+. The second-order valence-electron chi connectivity index (χ2n) is 7.44. The summed E-state index contributed by atoms with van der Waals surface area (Å²) in [6.45, 7) is 1.73. The van der Waals surface area contributed by atoms with Crippen molar-refractivity contribution in [3.8, 4) is 38.8 Å². The predicted octanol–water partition coefficient (Wildman–Crippen LogP) is 7.13. The number of hydrogen-bond donors (Lipinski definition) is 0. The molecule has 5 rings (SSSR count). The van der Waals surface area contributed by atoms with Crippen LogP contribution in [0.3, 0.4) is 0 Å². The molecule has 2 aromatic carbocycles. The second-order valence-corrected chi connectivity index (χ2v) is 9.18. The van der Waals surface area contributed by atoms with Gasteiger partial charge >= 0.3 is 6.18 Å². The smallest absolute Gasteiger partial charge is 0.355 e. The van der Waals surface area contributed by atoms with Gasteiger partial charge in [-0.25, -0.2) is 14.1 Å². The molecule has 0 aliphatic carbocycles. The lowest BCUT2D eigenvalue weighted by atomic mass is 10.0. The van der Waals surface area contributed by atoms with E-state index >= 15 is 0 Å². The maximum Gasteiger partial charge on any atom is 0.434 e. The van der Waals surface area contributed by atoms with Crippen LogP contribution in [0.4, 0.5) is 17.6 Å². The third kappa shape index (κ3) is 4.22. The first-order chi connectivity index (χ1) is 16.6. The summed E-state index contributed by atoms with van der Waals surface area (Å²) in [6.07, 6.45) is -3.81. The maximum atomic E-state index is 14.8. The number of rotatable bonds is 4. The highest BCUT2D eigenvalue weighted by Crippen LogP contribution is 2.47. The van der Waals surface area contributed by atoms with Gasteiger partial charge in [0.2, 0.25) is 5.02 Å². The number of alkyl halides is 3. The van der Waals surface area contributed by atoms with Crippen molar-refractivity contribution in [2.24, 2.45) is 0 Å². The minimum Gasteiger partial charge on any atom is -0.355 e. The standard InChI is InChI=1S/C23H13Cl2F4N4OS/c1-11-10-35-22(31-11)18-19(17-15(25)6-3-7-16(17)26)32-34-20(18)14-9-30-33(21(14)23(27,28)29)13-5-2-4-12(24)8-13/h2-10,24H,1H3/q+1. The van der Waals surface area contributed by atoms with E-state index in [4.69, 9.17) is 27.7 Å². The Balaban J connectivity index is 1.81. The van der Waals surface area contributed by atoms with Gasteiger partial charge in [0.1, 0.15) is 16.5 Å². The van der Waals surface area contributed by atoms with Gasteiger partial charge < -0.3 is 4.52 Å². The molecule has 5 aromatic rings. The number of thiazole rings is 1. The SMILES string of the molecule is Cc1csc(-c2c(-c3c(F)cccc3Cl)noc2-c2cnn(-c3cccc([ClH+])c3)c2C(F)(F)F)n1. The van der Waals surface area contributed by atoms with E-state index in [1.54, 1.807) is 18.4 Å². The summed E-state index contributed by atoms with van der Waals surface area (Å²) in [5, 5.41) is 10.3. The molecule has 0 saturated heterocycles. The summed E-state index contributed by atoms with van der Waals surface area (Å²) >= 11 is 12.5. The average molecular weight is 540 g/mol. The zero-order valence-electron chi connectivity index (χ0n) is 17.6. The van der Waals surface area contributed by atoms with E-state index in [2.05, 4.69) is 15.2 Å². The molecule has 0 spiro atoms. The Kier molecular flexibility index (Phi) is 5.90. The average Bonchev–Trinajstić information content (AvgIpc) is 3.50. The molecule has 0 radical (unpaired) electrons. The van der Waals surface area contributed by atoms with Crippen molar-refractivity contribution >= 4 is 22.9 Å². The van der Waals surface area contributed by atoms with Gasteiger partial charge in [-0.1, -0.05) is 28.9 Å². The highest BCUT2D eigenvalue weighted by Gasteiger charge is 2.41. The summed E-state index contributed by atoms with van der Waals surface area (Å²) in [7, 11) is 0. The lowest BCUT2D eigenvalue weighted by Gasteiger charge is -2.12. The Morgan fingerprint density at radius 2 is 1.89 bits per heavy atom. The van der Waals surface area contributed by atoms with Gasteiger partial charge in [0.15, 0.2) is 23.1 Å². The molecule has 12 heteroatoms. The topological polar surface area (TPSA) is 56.7 Å². The quantitative estimate of drug-likeness (QED) is 0.228. The zero-order chi connectivity index (χ0) is 24.9. The van der Waals surface area contributed by atoms with Crippen molar-refractivity contribution in [1.29, 1.82) is 0 Å². The minimum atomic E-state index is -4.83. The van der Waals surface area contributed by atoms with Crippen LogP contribution in [0, 0.1) is 24.3 Å². The molecule has 35 heavy (non-hydrogen) atoms. The molecule has 0 fully saturated rings. The molecule has 0 N–H and O–H groups in total. The molecule has 3 aromatic heterocycles. The van der Waals surface area contributed by atoms with Crippen LogP contribution >= 0.6 is 22.9 Å². The van der Waals surface area contributed by atoms with Crippen LogP contribution in [-0.4, -0.2) is 19.9 Å². The van der Waals surface area contributed by atoms with Crippen molar-refractivity contribution in [1.82, 2.24) is 19.9 Å². The number of aryl methyl sites for hydroxylation is 1. The van der Waals surface area contributed by atoms with Crippen LogP contribution in [0.1, 0.15) is 11.4 Å². The van der Waals surface area contributed by atoms with Gasteiger partial charge in [-0.2, -0.15) is 18.3 Å². The fraction of sp³-hybridized carbons (Fsp3) is 0.0870. The number of hydrogen-bond acceptors (Lipinski definition) is 5. The molecule has 0 saturated carbocycles. The van der Waals surface area contributed by atoms with E-state index < -0.39 is 17.7 Å². The Hall–Kier alpha value is -3.21. The summed E-state index contributed by atoms with van der Waals surface area (Å²) in [5.74, 6) is -0.970. The molecule has 0 bridgehead atoms. The first kappa shape index (κ1) is 23.5. The van der Waals surface area contributed by atoms with Crippen LogP contribution < -0.4 is 0 Å². The normalized spacial score (nSPS) is 11.9. The zero-order valence-corrected chi connectivity index (χ0v) is 20.0. The predicted molar refractivity (Wildman–Crippen MR) is 121 cm³/mol. The van der Waals surface area contributed by atoms with E-state index in [9.17, 15) is 17.6 Å². The summed E-state index contributed by atoms with van der Waals surface area (Å²) in [4.78, 5) is 4.38. The van der Waals surface area contributed by atoms with Crippen LogP contribution in [0.15, 0.2) is 58.6 Å². The molecule has 0 aliphatic rings. The van der Waals surface area contributed by atoms with Crippen molar-refractivity contribution < 1.29 is 33.7 Å². The molecule has 5 nitrogen and oxygen atoms in total. The highest BCUT2D eigenvalue weighted by atomic mass is 35.5.